The molecule has 4 aromatic rings. The van der Waals surface area contributed by atoms with Gasteiger partial charge in [-0.15, -0.1) is 0 Å². The van der Waals surface area contributed by atoms with Crippen LogP contribution in [0.25, 0.3) is 22.2 Å². The van der Waals surface area contributed by atoms with Crippen LogP contribution in [0.2, 0.25) is 10.0 Å². The van der Waals surface area contributed by atoms with Crippen molar-refractivity contribution in [2.45, 2.75) is 51.2 Å². The molecule has 5 rings (SSSR count). The van der Waals surface area contributed by atoms with Crippen molar-refractivity contribution >= 4 is 45.9 Å². The molecule has 0 saturated heterocycles. The summed E-state index contributed by atoms with van der Waals surface area (Å²) < 4.78 is 5.51. The van der Waals surface area contributed by atoms with Gasteiger partial charge < -0.3 is 20.1 Å². The molecule has 0 bridgehead atoms. The molecule has 1 aliphatic rings. The minimum Gasteiger partial charge on any atom is -0.362 e. The summed E-state index contributed by atoms with van der Waals surface area (Å²) in [4.78, 5) is 11.6. The molecular weight excluding hydrogens is 495 g/mol. The average Bonchev–Trinajstić information content (AvgIpc) is 3.22. The molecule has 0 radical (unpaired) electrons. The lowest BCUT2D eigenvalue weighted by molar-refractivity contribution is 0.350. The smallest absolute Gasteiger partial charge is 0.225 e. The van der Waals surface area contributed by atoms with Crippen LogP contribution in [0.5, 0.6) is 0 Å². The van der Waals surface area contributed by atoms with E-state index in [9.17, 15) is 0 Å². The maximum absolute atomic E-state index is 6.43. The Morgan fingerprint density at radius 2 is 1.64 bits per heavy atom. The fourth-order valence-electron chi connectivity index (χ4n) is 4.86. The van der Waals surface area contributed by atoms with Gasteiger partial charge in [-0.2, -0.15) is 4.98 Å². The maximum atomic E-state index is 6.43. The van der Waals surface area contributed by atoms with Gasteiger partial charge in [0.1, 0.15) is 17.3 Å². The van der Waals surface area contributed by atoms with Crippen LogP contribution in [0.3, 0.4) is 0 Å². The predicted octanol–water partition coefficient (Wildman–Crippen LogP) is 6.48. The quantitative estimate of drug-likeness (QED) is 0.286. The van der Waals surface area contributed by atoms with E-state index in [2.05, 4.69) is 21.9 Å². The lowest BCUT2D eigenvalue weighted by Crippen LogP contribution is -2.37. The average molecular weight is 525 g/mol. The summed E-state index contributed by atoms with van der Waals surface area (Å²) in [5.74, 6) is 2.39. The Morgan fingerprint density at radius 1 is 0.944 bits per heavy atom. The summed E-state index contributed by atoms with van der Waals surface area (Å²) in [7, 11) is 4.02. The molecule has 0 aliphatic heterocycles. The first kappa shape index (κ1) is 24.8. The van der Waals surface area contributed by atoms with Crippen molar-refractivity contribution in [3.05, 3.63) is 63.8 Å². The Balaban J connectivity index is 1.22. The minimum absolute atomic E-state index is 0.342. The lowest BCUT2D eigenvalue weighted by Gasteiger charge is -2.30. The molecular formula is C27H30Cl2N6O. The summed E-state index contributed by atoms with van der Waals surface area (Å²) in [5, 5.41) is 13.7. The number of nitrogens with one attached hydrogen (secondary N) is 2. The van der Waals surface area contributed by atoms with Crippen molar-refractivity contribution in [1.29, 1.82) is 0 Å². The summed E-state index contributed by atoms with van der Waals surface area (Å²) in [5.41, 5.74) is 3.37. The molecule has 2 N–H and O–H groups in total. The molecule has 2 aromatic carbocycles. The second kappa shape index (κ2) is 10.6. The zero-order valence-electron chi connectivity index (χ0n) is 20.7. The van der Waals surface area contributed by atoms with Gasteiger partial charge in [-0.05, 0) is 56.9 Å². The maximum Gasteiger partial charge on any atom is 0.225 e. The van der Waals surface area contributed by atoms with Crippen molar-refractivity contribution < 1.29 is 4.52 Å². The van der Waals surface area contributed by atoms with Crippen LogP contribution in [0, 0.1) is 6.92 Å². The standard InChI is InChI=1S/C27H30Cl2N6O/c1-16-20(25(34-36-16)24-21(28)8-6-9-22(24)29)15-30-17-11-13-18(14-12-17)31-27-32-23-10-5-4-7-19(23)26(33-27)35(2)3/h4-10,17-18,30H,11-15H2,1-3H3,(H,31,32,33). The Labute approximate surface area is 221 Å². The summed E-state index contributed by atoms with van der Waals surface area (Å²) >= 11 is 12.9. The van der Waals surface area contributed by atoms with Gasteiger partial charge in [-0.3, -0.25) is 0 Å². The van der Waals surface area contributed by atoms with E-state index in [0.717, 1.165) is 59.3 Å². The topological polar surface area (TPSA) is 79.1 Å². The number of aromatic nitrogens is 3. The number of aryl methyl sites for hydroxylation is 1. The van der Waals surface area contributed by atoms with Gasteiger partial charge in [0.15, 0.2) is 0 Å². The van der Waals surface area contributed by atoms with E-state index < -0.39 is 0 Å². The van der Waals surface area contributed by atoms with E-state index in [0.29, 0.717) is 40.3 Å². The Hall–Kier alpha value is -2.87. The van der Waals surface area contributed by atoms with E-state index >= 15 is 0 Å². The minimum atomic E-state index is 0.342. The molecule has 7 nitrogen and oxygen atoms in total. The molecule has 188 valence electrons. The number of hydrogen-bond acceptors (Lipinski definition) is 7. The van der Waals surface area contributed by atoms with Gasteiger partial charge in [-0.1, -0.05) is 46.6 Å². The first-order valence-electron chi connectivity index (χ1n) is 12.2. The first-order chi connectivity index (χ1) is 17.4. The number of anilines is 2. The Morgan fingerprint density at radius 3 is 2.36 bits per heavy atom. The van der Waals surface area contributed by atoms with Gasteiger partial charge in [0.2, 0.25) is 5.95 Å². The van der Waals surface area contributed by atoms with Gasteiger partial charge >= 0.3 is 0 Å². The summed E-state index contributed by atoms with van der Waals surface area (Å²) in [6.45, 7) is 2.57. The molecule has 0 unspecified atom stereocenters. The van der Waals surface area contributed by atoms with Crippen LogP contribution >= 0.6 is 23.2 Å². The number of benzene rings is 2. The number of fused-ring (bicyclic) bond motifs is 1. The normalized spacial score (nSPS) is 17.9. The highest BCUT2D eigenvalue weighted by molar-refractivity contribution is 6.39. The fourth-order valence-corrected chi connectivity index (χ4v) is 5.43. The van der Waals surface area contributed by atoms with E-state index in [4.69, 9.17) is 37.7 Å². The van der Waals surface area contributed by atoms with E-state index in [1.807, 2.05) is 62.3 Å². The van der Waals surface area contributed by atoms with Crippen molar-refractivity contribution in [2.24, 2.45) is 0 Å². The first-order valence-corrected chi connectivity index (χ1v) is 13.0. The highest BCUT2D eigenvalue weighted by atomic mass is 35.5. The summed E-state index contributed by atoms with van der Waals surface area (Å²) in [6, 6.07) is 14.3. The Kier molecular flexibility index (Phi) is 7.32. The predicted molar refractivity (Wildman–Crippen MR) is 147 cm³/mol. The van der Waals surface area contributed by atoms with Crippen LogP contribution in [-0.2, 0) is 6.54 Å². The number of nitrogens with zero attached hydrogens (tertiary/aromatic N) is 4. The van der Waals surface area contributed by atoms with Crippen molar-refractivity contribution in [2.75, 3.05) is 24.3 Å². The third-order valence-electron chi connectivity index (χ3n) is 6.82. The van der Waals surface area contributed by atoms with Gasteiger partial charge in [0.05, 0.1) is 15.6 Å². The molecule has 1 fully saturated rings. The summed E-state index contributed by atoms with van der Waals surface area (Å²) in [6.07, 6.45) is 4.19. The Bertz CT molecular complexity index is 1340. The SMILES string of the molecule is Cc1onc(-c2c(Cl)cccc2Cl)c1CNC1CCC(Nc2nc(N(C)C)c3ccccc3n2)CC1. The molecule has 2 heterocycles. The van der Waals surface area contributed by atoms with Crippen molar-refractivity contribution in [1.82, 2.24) is 20.4 Å². The van der Waals surface area contributed by atoms with Crippen LogP contribution in [0.1, 0.15) is 37.0 Å². The zero-order valence-corrected chi connectivity index (χ0v) is 22.2. The molecule has 9 heteroatoms. The van der Waals surface area contributed by atoms with Crippen LogP contribution in [-0.4, -0.2) is 41.3 Å². The fraction of sp³-hybridized carbons (Fsp3) is 0.370. The highest BCUT2D eigenvalue weighted by Crippen LogP contribution is 2.37. The van der Waals surface area contributed by atoms with Gasteiger partial charge in [-0.25, -0.2) is 4.98 Å². The number of halogens is 2. The molecule has 1 saturated carbocycles. The molecule has 2 aromatic heterocycles. The highest BCUT2D eigenvalue weighted by Gasteiger charge is 2.24. The molecule has 0 atom stereocenters. The van der Waals surface area contributed by atoms with Crippen molar-refractivity contribution in [3.63, 3.8) is 0 Å². The van der Waals surface area contributed by atoms with Gasteiger partial charge in [0.25, 0.3) is 0 Å². The monoisotopic (exact) mass is 524 g/mol. The van der Waals surface area contributed by atoms with Crippen LogP contribution in [0.15, 0.2) is 47.0 Å². The van der Waals surface area contributed by atoms with E-state index in [1.165, 1.54) is 0 Å². The molecule has 0 amide bonds. The van der Waals surface area contributed by atoms with Crippen LogP contribution in [0.4, 0.5) is 11.8 Å². The van der Waals surface area contributed by atoms with Crippen molar-refractivity contribution in [3.8, 4) is 11.3 Å². The molecule has 0 spiro atoms. The molecule has 36 heavy (non-hydrogen) atoms. The van der Waals surface area contributed by atoms with E-state index in [-0.39, 0.29) is 0 Å². The second-order valence-electron chi connectivity index (χ2n) is 9.52. The number of hydrogen-bond donors (Lipinski definition) is 2. The van der Waals surface area contributed by atoms with Gasteiger partial charge in [0, 0.05) is 49.2 Å². The molecule has 1 aliphatic carbocycles. The zero-order chi connectivity index (χ0) is 25.2. The lowest BCUT2D eigenvalue weighted by atomic mass is 9.91. The van der Waals surface area contributed by atoms with E-state index in [1.54, 1.807) is 0 Å². The van der Waals surface area contributed by atoms with Crippen LogP contribution < -0.4 is 15.5 Å². The largest absolute Gasteiger partial charge is 0.362 e. The number of rotatable bonds is 7. The number of para-hydroxylation sites is 1. The second-order valence-corrected chi connectivity index (χ2v) is 10.3. The third-order valence-corrected chi connectivity index (χ3v) is 7.45. The third kappa shape index (κ3) is 5.14.